The SMILES string of the molecule is COCCCn1c(=C(C#N)C#N)sc(=Cc2ccc(OC(F)F)c(OC)c2)c1=O. The lowest BCUT2D eigenvalue weighted by molar-refractivity contribution is -0.0512. The maximum Gasteiger partial charge on any atom is 0.387 e. The molecule has 0 fully saturated rings. The molecule has 0 spiro atoms. The van der Waals surface area contributed by atoms with Crippen LogP contribution in [0.4, 0.5) is 8.78 Å². The monoisotopic (exact) mass is 421 g/mol. The van der Waals surface area contributed by atoms with Crippen molar-refractivity contribution in [3.8, 4) is 23.6 Å². The maximum atomic E-state index is 12.8. The van der Waals surface area contributed by atoms with E-state index in [-0.39, 0.29) is 38.4 Å². The van der Waals surface area contributed by atoms with E-state index in [9.17, 15) is 24.1 Å². The standard InChI is InChI=1S/C19H17F2N3O4S/c1-26-7-3-6-24-17(25)16(29-18(24)13(10-22)11-23)9-12-4-5-14(28-19(20)21)15(8-12)27-2/h4-5,8-9,19H,3,6-7H2,1-2H3. The summed E-state index contributed by atoms with van der Waals surface area (Å²) in [5, 5.41) is 18.4. The first-order chi connectivity index (χ1) is 13.9. The summed E-state index contributed by atoms with van der Waals surface area (Å²) in [5.74, 6) is -0.0503. The van der Waals surface area contributed by atoms with Crippen molar-refractivity contribution < 1.29 is 23.0 Å². The Morgan fingerprint density at radius 3 is 2.59 bits per heavy atom. The Morgan fingerprint density at radius 2 is 2.00 bits per heavy atom. The molecule has 0 N–H and O–H groups in total. The van der Waals surface area contributed by atoms with Crippen LogP contribution >= 0.6 is 11.3 Å². The van der Waals surface area contributed by atoms with E-state index in [4.69, 9.17) is 9.47 Å². The zero-order valence-corrected chi connectivity index (χ0v) is 16.5. The molecule has 0 aliphatic rings. The number of ether oxygens (including phenoxy) is 3. The van der Waals surface area contributed by atoms with Gasteiger partial charge in [-0.05, 0) is 30.2 Å². The van der Waals surface area contributed by atoms with Gasteiger partial charge < -0.3 is 14.2 Å². The molecule has 2 rings (SSSR count). The van der Waals surface area contributed by atoms with Crippen molar-refractivity contribution in [2.45, 2.75) is 19.6 Å². The molecule has 1 heterocycles. The summed E-state index contributed by atoms with van der Waals surface area (Å²) in [6.07, 6.45) is 2.06. The van der Waals surface area contributed by atoms with Crippen LogP contribution in [0.1, 0.15) is 12.0 Å². The topological polar surface area (TPSA) is 97.3 Å². The van der Waals surface area contributed by atoms with Gasteiger partial charge in [0.2, 0.25) is 0 Å². The number of methoxy groups -OCH3 is 2. The molecule has 0 saturated carbocycles. The van der Waals surface area contributed by atoms with E-state index in [0.29, 0.717) is 18.6 Å². The second kappa shape index (κ2) is 10.4. The van der Waals surface area contributed by atoms with Crippen LogP contribution in [0.5, 0.6) is 11.5 Å². The number of halogens is 2. The van der Waals surface area contributed by atoms with E-state index in [2.05, 4.69) is 4.74 Å². The van der Waals surface area contributed by atoms with Gasteiger partial charge in [-0.15, -0.1) is 11.3 Å². The quantitative estimate of drug-likeness (QED) is 0.601. The van der Waals surface area contributed by atoms with Gasteiger partial charge >= 0.3 is 6.61 Å². The maximum absolute atomic E-state index is 12.8. The highest BCUT2D eigenvalue weighted by Gasteiger charge is 2.12. The van der Waals surface area contributed by atoms with E-state index in [1.165, 1.54) is 43.1 Å². The summed E-state index contributed by atoms with van der Waals surface area (Å²) in [5.41, 5.74) is -0.0220. The van der Waals surface area contributed by atoms with Gasteiger partial charge in [-0.25, -0.2) is 0 Å². The fraction of sp³-hybridized carbons (Fsp3) is 0.316. The fourth-order valence-corrected chi connectivity index (χ4v) is 3.59. The van der Waals surface area contributed by atoms with Gasteiger partial charge in [0.05, 0.1) is 11.6 Å². The highest BCUT2D eigenvalue weighted by molar-refractivity contribution is 7.07. The Bertz CT molecular complexity index is 1110. The molecule has 0 aliphatic heterocycles. The van der Waals surface area contributed by atoms with Crippen LogP contribution in [-0.2, 0) is 11.3 Å². The van der Waals surface area contributed by atoms with Crippen LogP contribution in [0, 0.1) is 22.7 Å². The van der Waals surface area contributed by atoms with Crippen LogP contribution in [0.3, 0.4) is 0 Å². The predicted octanol–water partition coefficient (Wildman–Crippen LogP) is 1.58. The average Bonchev–Trinajstić information content (AvgIpc) is 2.99. The third kappa shape index (κ3) is 5.41. The molecule has 0 aliphatic carbocycles. The normalized spacial score (nSPS) is 11.2. The molecule has 1 aromatic carbocycles. The molecular weight excluding hydrogens is 404 g/mol. The van der Waals surface area contributed by atoms with Crippen molar-refractivity contribution >= 4 is 23.0 Å². The number of aromatic nitrogens is 1. The molecular formula is C19H17F2N3O4S. The molecule has 0 radical (unpaired) electrons. The van der Waals surface area contributed by atoms with Gasteiger partial charge in [0.25, 0.3) is 5.56 Å². The number of hydrogen-bond acceptors (Lipinski definition) is 7. The van der Waals surface area contributed by atoms with E-state index in [1.54, 1.807) is 12.1 Å². The highest BCUT2D eigenvalue weighted by Crippen LogP contribution is 2.29. The minimum atomic E-state index is -3.00. The number of thiazole rings is 1. The van der Waals surface area contributed by atoms with Crippen molar-refractivity contribution in [1.29, 1.82) is 10.5 Å². The second-order valence-corrected chi connectivity index (χ2v) is 6.64. The van der Waals surface area contributed by atoms with Crippen LogP contribution in [0.15, 0.2) is 23.0 Å². The minimum absolute atomic E-state index is 0.0811. The molecule has 0 amide bonds. The Kier molecular flexibility index (Phi) is 7.89. The van der Waals surface area contributed by atoms with E-state index in [1.807, 2.05) is 0 Å². The molecule has 29 heavy (non-hydrogen) atoms. The molecule has 10 heteroatoms. The van der Waals surface area contributed by atoms with E-state index in [0.717, 1.165) is 11.3 Å². The van der Waals surface area contributed by atoms with Crippen molar-refractivity contribution in [2.24, 2.45) is 0 Å². The summed E-state index contributed by atoms with van der Waals surface area (Å²) in [7, 11) is 2.85. The lowest BCUT2D eigenvalue weighted by Crippen LogP contribution is -2.32. The Morgan fingerprint density at radius 1 is 1.28 bits per heavy atom. The fourth-order valence-electron chi connectivity index (χ4n) is 2.51. The molecule has 7 nitrogen and oxygen atoms in total. The van der Waals surface area contributed by atoms with Crippen molar-refractivity contribution in [3.63, 3.8) is 0 Å². The summed E-state index contributed by atoms with van der Waals surface area (Å²) in [6.45, 7) is -2.30. The Labute approximate surface area is 168 Å². The van der Waals surface area contributed by atoms with Gasteiger partial charge in [-0.1, -0.05) is 6.07 Å². The largest absolute Gasteiger partial charge is 0.493 e. The number of rotatable bonds is 8. The number of hydrogen-bond donors (Lipinski definition) is 0. The Hall–Kier alpha value is -3.21. The summed E-state index contributed by atoms with van der Waals surface area (Å²) < 4.78 is 41.3. The third-order valence-electron chi connectivity index (χ3n) is 3.78. The lowest BCUT2D eigenvalue weighted by atomic mass is 10.2. The van der Waals surface area contributed by atoms with E-state index >= 15 is 0 Å². The van der Waals surface area contributed by atoms with E-state index < -0.39 is 6.61 Å². The Balaban J connectivity index is 2.61. The third-order valence-corrected chi connectivity index (χ3v) is 4.91. The number of benzene rings is 1. The van der Waals surface area contributed by atoms with Crippen LogP contribution in [0.25, 0.3) is 11.6 Å². The van der Waals surface area contributed by atoms with Crippen molar-refractivity contribution in [1.82, 2.24) is 4.57 Å². The van der Waals surface area contributed by atoms with Crippen LogP contribution < -0.4 is 24.2 Å². The predicted molar refractivity (Wildman–Crippen MR) is 102 cm³/mol. The number of nitriles is 2. The van der Waals surface area contributed by atoms with Gasteiger partial charge in [-0.2, -0.15) is 19.3 Å². The number of alkyl halides is 2. The molecule has 0 atom stereocenters. The summed E-state index contributed by atoms with van der Waals surface area (Å²) in [4.78, 5) is 12.8. The average molecular weight is 421 g/mol. The molecule has 1 aromatic heterocycles. The first kappa shape index (κ1) is 22.1. The molecule has 0 saturated heterocycles. The zero-order chi connectivity index (χ0) is 21.4. The van der Waals surface area contributed by atoms with Gasteiger partial charge in [0.1, 0.15) is 16.8 Å². The molecule has 0 unspecified atom stereocenters. The molecule has 0 bridgehead atoms. The zero-order valence-electron chi connectivity index (χ0n) is 15.6. The second-order valence-electron chi connectivity index (χ2n) is 5.61. The van der Waals surface area contributed by atoms with Crippen molar-refractivity contribution in [3.05, 3.63) is 43.3 Å². The van der Waals surface area contributed by atoms with Crippen LogP contribution in [-0.4, -0.2) is 32.0 Å². The first-order valence-corrected chi connectivity index (χ1v) is 9.14. The van der Waals surface area contributed by atoms with Gasteiger partial charge in [0.15, 0.2) is 17.1 Å². The smallest absolute Gasteiger partial charge is 0.387 e. The van der Waals surface area contributed by atoms with Gasteiger partial charge in [-0.3, -0.25) is 9.36 Å². The first-order valence-electron chi connectivity index (χ1n) is 8.32. The summed E-state index contributed by atoms with van der Waals surface area (Å²) >= 11 is 1.00. The van der Waals surface area contributed by atoms with Crippen molar-refractivity contribution in [2.75, 3.05) is 20.8 Å². The van der Waals surface area contributed by atoms with Gasteiger partial charge in [0, 0.05) is 20.3 Å². The molecule has 2 aromatic rings. The van der Waals surface area contributed by atoms with Crippen LogP contribution in [0.2, 0.25) is 0 Å². The molecule has 152 valence electrons. The lowest BCUT2D eigenvalue weighted by Gasteiger charge is -2.09. The summed E-state index contributed by atoms with van der Waals surface area (Å²) in [6, 6.07) is 7.85. The highest BCUT2D eigenvalue weighted by atomic mass is 32.1. The number of nitrogens with zero attached hydrogens (tertiary/aromatic N) is 3. The minimum Gasteiger partial charge on any atom is -0.493 e.